The summed E-state index contributed by atoms with van der Waals surface area (Å²) < 4.78 is 0.753. The largest absolute Gasteiger partial charge is 0.384 e. The molecule has 1 heterocycles. The summed E-state index contributed by atoms with van der Waals surface area (Å²) in [7, 11) is 0. The molecular weight excluding hydrogens is 353 g/mol. The van der Waals surface area contributed by atoms with E-state index in [1.54, 1.807) is 18.2 Å². The van der Waals surface area contributed by atoms with Gasteiger partial charge in [-0.25, -0.2) is 4.98 Å². The normalized spacial score (nSPS) is 10.3. The molecule has 4 nitrogen and oxygen atoms in total. The topological polar surface area (TPSA) is 68.0 Å². The zero-order valence-corrected chi connectivity index (χ0v) is 12.6. The number of aromatic nitrogens is 1. The minimum atomic E-state index is -0.339. The predicted octanol–water partition coefficient (Wildman–Crippen LogP) is 3.99. The van der Waals surface area contributed by atoms with Crippen LogP contribution in [0.2, 0.25) is 10.2 Å². The molecule has 0 aliphatic carbocycles. The number of hydrogen-bond donors (Lipinski definition) is 2. The first-order valence-corrected chi connectivity index (χ1v) is 6.70. The molecule has 0 saturated carbocycles. The molecule has 1 amide bonds. The summed E-state index contributed by atoms with van der Waals surface area (Å²) in [6.07, 6.45) is 0. The van der Waals surface area contributed by atoms with Crippen molar-refractivity contribution in [2.24, 2.45) is 0 Å². The number of anilines is 2. The van der Waals surface area contributed by atoms with Gasteiger partial charge in [0.1, 0.15) is 11.0 Å². The molecule has 0 aliphatic heterocycles. The van der Waals surface area contributed by atoms with E-state index in [4.69, 9.17) is 28.9 Å². The first-order chi connectivity index (χ1) is 8.95. The minimum Gasteiger partial charge on any atom is -0.384 e. The van der Waals surface area contributed by atoms with Gasteiger partial charge in [0.25, 0.3) is 5.91 Å². The van der Waals surface area contributed by atoms with Crippen LogP contribution in [0.15, 0.2) is 34.8 Å². The molecule has 0 aliphatic rings. The van der Waals surface area contributed by atoms with Gasteiger partial charge in [-0.3, -0.25) is 4.79 Å². The molecule has 0 saturated heterocycles. The fraction of sp³-hybridized carbons (Fsp3) is 0. The molecule has 3 N–H and O–H groups in total. The van der Waals surface area contributed by atoms with Crippen LogP contribution in [0.25, 0.3) is 0 Å². The maximum atomic E-state index is 12.0. The standard InChI is InChI=1S/C12H8BrCl2N3O/c13-8-2-1-7(5-9(8)14)17-12(19)6-3-10(15)18-11(16)4-6/h1-5H,(H2,16,18)(H,17,19). The number of nitrogens with one attached hydrogen (secondary N) is 1. The summed E-state index contributed by atoms with van der Waals surface area (Å²) in [5, 5.41) is 3.36. The van der Waals surface area contributed by atoms with Crippen LogP contribution in [0, 0.1) is 0 Å². The number of nitrogens with zero attached hydrogens (tertiary/aromatic N) is 1. The van der Waals surface area contributed by atoms with Crippen LogP contribution >= 0.6 is 39.1 Å². The maximum Gasteiger partial charge on any atom is 0.255 e. The molecule has 0 radical (unpaired) electrons. The zero-order chi connectivity index (χ0) is 14.0. The second kappa shape index (κ2) is 5.77. The fourth-order valence-corrected chi connectivity index (χ4v) is 2.07. The third-order valence-corrected chi connectivity index (χ3v) is 3.68. The van der Waals surface area contributed by atoms with Crippen molar-refractivity contribution in [2.45, 2.75) is 0 Å². The van der Waals surface area contributed by atoms with E-state index in [0.717, 1.165) is 4.47 Å². The second-order valence-corrected chi connectivity index (χ2v) is 5.34. The van der Waals surface area contributed by atoms with Crippen molar-refractivity contribution >= 4 is 56.5 Å². The van der Waals surface area contributed by atoms with Gasteiger partial charge in [-0.2, -0.15) is 0 Å². The van der Waals surface area contributed by atoms with E-state index in [0.29, 0.717) is 16.3 Å². The van der Waals surface area contributed by atoms with Crippen molar-refractivity contribution in [2.75, 3.05) is 11.1 Å². The number of nitrogens with two attached hydrogens (primary N) is 1. The molecule has 2 aromatic rings. The van der Waals surface area contributed by atoms with E-state index in [9.17, 15) is 4.79 Å². The summed E-state index contributed by atoms with van der Waals surface area (Å²) in [6.45, 7) is 0. The van der Waals surface area contributed by atoms with Crippen molar-refractivity contribution in [1.29, 1.82) is 0 Å². The van der Waals surface area contributed by atoms with Gasteiger partial charge in [-0.05, 0) is 46.3 Å². The third-order valence-electron chi connectivity index (χ3n) is 2.25. The third kappa shape index (κ3) is 3.59. The van der Waals surface area contributed by atoms with Gasteiger partial charge in [-0.1, -0.05) is 23.2 Å². The molecule has 1 aromatic carbocycles. The van der Waals surface area contributed by atoms with E-state index in [1.807, 2.05) is 0 Å². The van der Waals surface area contributed by atoms with Crippen molar-refractivity contribution in [3.05, 3.63) is 50.5 Å². The average molecular weight is 361 g/mol. The molecule has 0 unspecified atom stereocenters. The smallest absolute Gasteiger partial charge is 0.255 e. The lowest BCUT2D eigenvalue weighted by atomic mass is 10.2. The van der Waals surface area contributed by atoms with E-state index >= 15 is 0 Å². The van der Waals surface area contributed by atoms with Gasteiger partial charge in [0.15, 0.2) is 0 Å². The molecule has 0 atom stereocenters. The molecule has 7 heteroatoms. The number of amides is 1. The Morgan fingerprint density at radius 3 is 2.63 bits per heavy atom. The Labute approximate surface area is 128 Å². The number of hydrogen-bond acceptors (Lipinski definition) is 3. The van der Waals surface area contributed by atoms with Crippen molar-refractivity contribution in [3.63, 3.8) is 0 Å². The quantitative estimate of drug-likeness (QED) is 0.795. The predicted molar refractivity (Wildman–Crippen MR) is 80.8 cm³/mol. The Bertz CT molecular complexity index is 629. The first-order valence-electron chi connectivity index (χ1n) is 5.15. The van der Waals surface area contributed by atoms with E-state index < -0.39 is 0 Å². The summed E-state index contributed by atoms with van der Waals surface area (Å²) >= 11 is 15.0. The number of carbonyl (C=O) groups is 1. The highest BCUT2D eigenvalue weighted by atomic mass is 79.9. The van der Waals surface area contributed by atoms with Gasteiger partial charge in [0.2, 0.25) is 0 Å². The Hall–Kier alpha value is -1.30. The molecule has 0 bridgehead atoms. The molecule has 0 spiro atoms. The van der Waals surface area contributed by atoms with Crippen LogP contribution in [0.4, 0.5) is 11.5 Å². The van der Waals surface area contributed by atoms with E-state index in [-0.39, 0.29) is 16.9 Å². The van der Waals surface area contributed by atoms with Crippen LogP contribution < -0.4 is 11.1 Å². The number of carbonyl (C=O) groups excluding carboxylic acids is 1. The van der Waals surface area contributed by atoms with Gasteiger partial charge in [0.05, 0.1) is 5.02 Å². The summed E-state index contributed by atoms with van der Waals surface area (Å²) in [6, 6.07) is 7.98. The van der Waals surface area contributed by atoms with Crippen molar-refractivity contribution in [3.8, 4) is 0 Å². The lowest BCUT2D eigenvalue weighted by Crippen LogP contribution is -2.12. The summed E-state index contributed by atoms with van der Waals surface area (Å²) in [5.74, 6) is -0.152. The van der Waals surface area contributed by atoms with Crippen molar-refractivity contribution in [1.82, 2.24) is 4.98 Å². The highest BCUT2D eigenvalue weighted by molar-refractivity contribution is 9.10. The molecular formula is C12H8BrCl2N3O. The van der Waals surface area contributed by atoms with Crippen LogP contribution in [0.1, 0.15) is 10.4 Å². The second-order valence-electron chi connectivity index (χ2n) is 3.69. The Balaban J connectivity index is 2.22. The average Bonchev–Trinajstić information content (AvgIpc) is 2.32. The molecule has 1 aromatic heterocycles. The number of benzene rings is 1. The highest BCUT2D eigenvalue weighted by Gasteiger charge is 2.09. The van der Waals surface area contributed by atoms with Gasteiger partial charge >= 0.3 is 0 Å². The Morgan fingerprint density at radius 1 is 1.26 bits per heavy atom. The molecule has 2 rings (SSSR count). The molecule has 98 valence electrons. The summed E-state index contributed by atoms with van der Waals surface area (Å²) in [4.78, 5) is 15.8. The van der Waals surface area contributed by atoms with Gasteiger partial charge in [-0.15, -0.1) is 0 Å². The van der Waals surface area contributed by atoms with E-state index in [1.165, 1.54) is 12.1 Å². The molecule has 0 fully saturated rings. The number of rotatable bonds is 2. The number of halogens is 3. The monoisotopic (exact) mass is 359 g/mol. The highest BCUT2D eigenvalue weighted by Crippen LogP contribution is 2.26. The number of nitrogen functional groups attached to an aromatic ring is 1. The van der Waals surface area contributed by atoms with Crippen LogP contribution in [-0.2, 0) is 0 Å². The number of pyridine rings is 1. The van der Waals surface area contributed by atoms with Gasteiger partial charge in [0, 0.05) is 15.7 Å². The Morgan fingerprint density at radius 2 is 2.00 bits per heavy atom. The Kier molecular flexibility index (Phi) is 4.29. The zero-order valence-electron chi connectivity index (χ0n) is 9.45. The SMILES string of the molecule is Nc1cc(C(=O)Nc2ccc(Br)c(Cl)c2)cc(Cl)n1. The minimum absolute atomic E-state index is 0.166. The lowest BCUT2D eigenvalue weighted by molar-refractivity contribution is 0.102. The van der Waals surface area contributed by atoms with Crippen LogP contribution in [-0.4, -0.2) is 10.9 Å². The maximum absolute atomic E-state index is 12.0. The van der Waals surface area contributed by atoms with Gasteiger partial charge < -0.3 is 11.1 Å². The van der Waals surface area contributed by atoms with E-state index in [2.05, 4.69) is 26.2 Å². The van der Waals surface area contributed by atoms with Crippen LogP contribution in [0.5, 0.6) is 0 Å². The lowest BCUT2D eigenvalue weighted by Gasteiger charge is -2.07. The fourth-order valence-electron chi connectivity index (χ4n) is 1.43. The first kappa shape index (κ1) is 14.1. The summed E-state index contributed by atoms with van der Waals surface area (Å²) in [5.41, 5.74) is 6.44. The molecule has 19 heavy (non-hydrogen) atoms. The van der Waals surface area contributed by atoms with Crippen LogP contribution in [0.3, 0.4) is 0 Å². The van der Waals surface area contributed by atoms with Crippen molar-refractivity contribution < 1.29 is 4.79 Å².